The highest BCUT2D eigenvalue weighted by atomic mass is 16.1. The average Bonchev–Trinajstić information content (AvgIpc) is 2.87. The molecule has 2 aromatic rings. The third-order valence-electron chi connectivity index (χ3n) is 3.22. The van der Waals surface area contributed by atoms with Gasteiger partial charge in [0.25, 0.3) is 5.91 Å². The van der Waals surface area contributed by atoms with Crippen LogP contribution in [0, 0.1) is 0 Å². The Kier molecular flexibility index (Phi) is 2.80. The molecular weight excluding hydrogens is 228 g/mol. The number of hydrogen-bond acceptors (Lipinski definition) is 3. The fourth-order valence-electron chi connectivity index (χ4n) is 1.89. The molecule has 92 valence electrons. The van der Waals surface area contributed by atoms with Crippen LogP contribution < -0.4 is 5.32 Å². The Labute approximate surface area is 105 Å². The van der Waals surface area contributed by atoms with E-state index in [0.717, 1.165) is 18.7 Å². The first-order valence-corrected chi connectivity index (χ1v) is 6.08. The molecule has 1 N–H and O–H groups in total. The molecule has 2 heterocycles. The first-order valence-electron chi connectivity index (χ1n) is 6.08. The van der Waals surface area contributed by atoms with Gasteiger partial charge in [0.2, 0.25) is 0 Å². The van der Waals surface area contributed by atoms with Crippen LogP contribution in [0.15, 0.2) is 37.1 Å². The van der Waals surface area contributed by atoms with Crippen LogP contribution in [0.5, 0.6) is 0 Å². The summed E-state index contributed by atoms with van der Waals surface area (Å²) in [7, 11) is 0. The summed E-state index contributed by atoms with van der Waals surface area (Å²) in [6.07, 6.45) is 10.2. The molecule has 1 saturated carbocycles. The van der Waals surface area contributed by atoms with Crippen molar-refractivity contribution in [1.82, 2.24) is 19.9 Å². The smallest absolute Gasteiger partial charge is 0.253 e. The van der Waals surface area contributed by atoms with Crippen molar-refractivity contribution in [1.29, 1.82) is 0 Å². The Morgan fingerprint density at radius 2 is 2.28 bits per heavy atom. The van der Waals surface area contributed by atoms with Crippen molar-refractivity contribution in [3.8, 4) is 5.82 Å². The van der Waals surface area contributed by atoms with Crippen LogP contribution in [0.3, 0.4) is 0 Å². The van der Waals surface area contributed by atoms with Gasteiger partial charge in [-0.2, -0.15) is 0 Å². The highest BCUT2D eigenvalue weighted by Crippen LogP contribution is 2.18. The van der Waals surface area contributed by atoms with Crippen LogP contribution in [0.4, 0.5) is 0 Å². The van der Waals surface area contributed by atoms with E-state index in [-0.39, 0.29) is 5.91 Å². The van der Waals surface area contributed by atoms with Crippen LogP contribution >= 0.6 is 0 Å². The van der Waals surface area contributed by atoms with Gasteiger partial charge in [0.15, 0.2) is 0 Å². The number of carbonyl (C=O) groups is 1. The van der Waals surface area contributed by atoms with Crippen LogP contribution in [0.25, 0.3) is 5.82 Å². The standard InChI is InChI=1S/C13H14N4O/c18-13(16-11-2-1-3-11)10-4-5-12(15-8-10)17-7-6-14-9-17/h4-9,11H,1-3H2,(H,16,18). The number of hydrogen-bond donors (Lipinski definition) is 1. The summed E-state index contributed by atoms with van der Waals surface area (Å²) in [5.41, 5.74) is 0.603. The largest absolute Gasteiger partial charge is 0.349 e. The molecule has 0 spiro atoms. The summed E-state index contributed by atoms with van der Waals surface area (Å²) in [6, 6.07) is 3.96. The molecule has 5 heteroatoms. The maximum Gasteiger partial charge on any atom is 0.253 e. The van der Waals surface area contributed by atoms with Gasteiger partial charge in [0.05, 0.1) is 5.56 Å². The highest BCUT2D eigenvalue weighted by Gasteiger charge is 2.20. The Morgan fingerprint density at radius 3 is 2.83 bits per heavy atom. The van der Waals surface area contributed by atoms with E-state index in [1.54, 1.807) is 29.4 Å². The molecule has 1 amide bonds. The molecule has 0 unspecified atom stereocenters. The lowest BCUT2D eigenvalue weighted by molar-refractivity contribution is 0.0916. The number of carbonyl (C=O) groups excluding carboxylic acids is 1. The van der Waals surface area contributed by atoms with Crippen molar-refractivity contribution < 1.29 is 4.79 Å². The van der Waals surface area contributed by atoms with E-state index < -0.39 is 0 Å². The molecule has 0 aromatic carbocycles. The third-order valence-corrected chi connectivity index (χ3v) is 3.22. The first-order chi connectivity index (χ1) is 8.83. The van der Waals surface area contributed by atoms with E-state index in [4.69, 9.17) is 0 Å². The van der Waals surface area contributed by atoms with Gasteiger partial charge in [-0.3, -0.25) is 9.36 Å². The van der Waals surface area contributed by atoms with Gasteiger partial charge < -0.3 is 5.32 Å². The second-order valence-electron chi connectivity index (χ2n) is 4.48. The first kappa shape index (κ1) is 11.0. The van der Waals surface area contributed by atoms with Gasteiger partial charge in [0, 0.05) is 24.6 Å². The number of rotatable bonds is 3. The van der Waals surface area contributed by atoms with Crippen LogP contribution in [-0.4, -0.2) is 26.5 Å². The summed E-state index contributed by atoms with van der Waals surface area (Å²) in [5.74, 6) is 0.720. The van der Waals surface area contributed by atoms with Gasteiger partial charge >= 0.3 is 0 Å². The number of amides is 1. The van der Waals surface area contributed by atoms with Gasteiger partial charge in [-0.05, 0) is 31.4 Å². The zero-order valence-corrected chi connectivity index (χ0v) is 9.91. The van der Waals surface area contributed by atoms with E-state index in [2.05, 4.69) is 15.3 Å². The van der Waals surface area contributed by atoms with Gasteiger partial charge in [-0.15, -0.1) is 0 Å². The van der Waals surface area contributed by atoms with Gasteiger partial charge in [-0.1, -0.05) is 0 Å². The minimum absolute atomic E-state index is 0.0376. The van der Waals surface area contributed by atoms with Gasteiger partial charge in [0.1, 0.15) is 12.1 Å². The number of aromatic nitrogens is 3. The number of imidazole rings is 1. The topological polar surface area (TPSA) is 59.8 Å². The van der Waals surface area contributed by atoms with E-state index in [0.29, 0.717) is 11.6 Å². The molecule has 3 rings (SSSR count). The average molecular weight is 242 g/mol. The second kappa shape index (κ2) is 4.60. The molecule has 0 aliphatic heterocycles. The van der Waals surface area contributed by atoms with E-state index in [1.807, 2.05) is 12.3 Å². The SMILES string of the molecule is O=C(NC1CCC1)c1ccc(-n2ccnc2)nc1. The van der Waals surface area contributed by atoms with Crippen molar-refractivity contribution in [2.45, 2.75) is 25.3 Å². The summed E-state index contributed by atoms with van der Waals surface area (Å²) in [6.45, 7) is 0. The lowest BCUT2D eigenvalue weighted by Crippen LogP contribution is -2.39. The molecule has 0 atom stereocenters. The summed E-state index contributed by atoms with van der Waals surface area (Å²) >= 11 is 0. The Balaban J connectivity index is 1.72. The van der Waals surface area contributed by atoms with Crippen LogP contribution in [0.1, 0.15) is 29.6 Å². The lowest BCUT2D eigenvalue weighted by atomic mass is 9.93. The fourth-order valence-corrected chi connectivity index (χ4v) is 1.89. The fraction of sp³-hybridized carbons (Fsp3) is 0.308. The lowest BCUT2D eigenvalue weighted by Gasteiger charge is -2.26. The Morgan fingerprint density at radius 1 is 1.39 bits per heavy atom. The van der Waals surface area contributed by atoms with Crippen molar-refractivity contribution in [3.05, 3.63) is 42.6 Å². The predicted molar refractivity (Wildman–Crippen MR) is 66.5 cm³/mol. The van der Waals surface area contributed by atoms with Gasteiger partial charge in [-0.25, -0.2) is 9.97 Å². The molecule has 2 aromatic heterocycles. The van der Waals surface area contributed by atoms with Crippen molar-refractivity contribution in [2.75, 3.05) is 0 Å². The zero-order valence-electron chi connectivity index (χ0n) is 9.91. The van der Waals surface area contributed by atoms with Crippen molar-refractivity contribution in [2.24, 2.45) is 0 Å². The quantitative estimate of drug-likeness (QED) is 0.888. The van der Waals surface area contributed by atoms with E-state index in [9.17, 15) is 4.79 Å². The molecule has 1 aliphatic carbocycles. The zero-order chi connectivity index (χ0) is 12.4. The molecule has 18 heavy (non-hydrogen) atoms. The second-order valence-corrected chi connectivity index (χ2v) is 4.48. The molecule has 0 radical (unpaired) electrons. The van der Waals surface area contributed by atoms with Crippen molar-refractivity contribution in [3.63, 3.8) is 0 Å². The predicted octanol–water partition coefficient (Wildman–Crippen LogP) is 1.55. The molecular formula is C13H14N4O. The van der Waals surface area contributed by atoms with E-state index in [1.165, 1.54) is 6.42 Å². The number of nitrogens with zero attached hydrogens (tertiary/aromatic N) is 3. The molecule has 5 nitrogen and oxygen atoms in total. The van der Waals surface area contributed by atoms with Crippen LogP contribution in [0.2, 0.25) is 0 Å². The normalized spacial score (nSPS) is 15.1. The molecule has 1 aliphatic rings. The van der Waals surface area contributed by atoms with E-state index >= 15 is 0 Å². The molecule has 0 saturated heterocycles. The Bertz CT molecular complexity index is 529. The maximum atomic E-state index is 11.9. The summed E-state index contributed by atoms with van der Waals surface area (Å²) in [5, 5.41) is 2.99. The molecule has 1 fully saturated rings. The molecule has 0 bridgehead atoms. The summed E-state index contributed by atoms with van der Waals surface area (Å²) in [4.78, 5) is 20.1. The monoisotopic (exact) mass is 242 g/mol. The van der Waals surface area contributed by atoms with Crippen LogP contribution in [-0.2, 0) is 0 Å². The number of pyridine rings is 1. The maximum absolute atomic E-state index is 11.9. The summed E-state index contributed by atoms with van der Waals surface area (Å²) < 4.78 is 1.80. The minimum atomic E-state index is -0.0376. The number of nitrogens with one attached hydrogen (secondary N) is 1. The minimum Gasteiger partial charge on any atom is -0.349 e. The van der Waals surface area contributed by atoms with Crippen molar-refractivity contribution >= 4 is 5.91 Å². The highest BCUT2D eigenvalue weighted by molar-refractivity contribution is 5.94. The third kappa shape index (κ3) is 2.11. The Hall–Kier alpha value is -2.17.